The number of likely N-dealkylation sites (tertiary alicyclic amines) is 1. The van der Waals surface area contributed by atoms with Crippen molar-refractivity contribution in [3.8, 4) is 0 Å². The van der Waals surface area contributed by atoms with Crippen molar-refractivity contribution in [1.82, 2.24) is 15.1 Å². The van der Waals surface area contributed by atoms with Gasteiger partial charge in [-0.15, -0.1) is 0 Å². The van der Waals surface area contributed by atoms with E-state index < -0.39 is 12.0 Å². The van der Waals surface area contributed by atoms with Gasteiger partial charge in [-0.3, -0.25) is 9.69 Å². The second-order valence-corrected chi connectivity index (χ2v) is 6.03. The molecule has 6 nitrogen and oxygen atoms in total. The van der Waals surface area contributed by atoms with Crippen LogP contribution in [0.3, 0.4) is 0 Å². The third-order valence-electron chi connectivity index (χ3n) is 4.48. The molecule has 2 aliphatic heterocycles. The minimum atomic E-state index is -0.729. The predicted octanol–water partition coefficient (Wildman–Crippen LogP) is 0.236. The molecule has 2 heterocycles. The molecule has 2 unspecified atom stereocenters. The van der Waals surface area contributed by atoms with Crippen LogP contribution in [0.4, 0.5) is 0 Å². The fraction of sp³-hybridized carbons (Fsp3) is 0.933. The van der Waals surface area contributed by atoms with Gasteiger partial charge in [-0.25, -0.2) is 0 Å². The lowest BCUT2D eigenvalue weighted by molar-refractivity contribution is -0.139. The Morgan fingerprint density at radius 2 is 2.14 bits per heavy atom. The monoisotopic (exact) mass is 299 g/mol. The molecule has 0 aromatic rings. The Morgan fingerprint density at radius 1 is 1.38 bits per heavy atom. The standard InChI is InChI=1S/C15H29N3O3/c1-2-5-16-14(15(19)20)4-7-17-6-3-13(12-17)18-8-10-21-11-9-18/h13-14,16H,2-12H2,1H3,(H,19,20). The lowest BCUT2D eigenvalue weighted by Crippen LogP contribution is -2.45. The zero-order valence-corrected chi connectivity index (χ0v) is 13.1. The number of aliphatic carboxylic acids is 1. The fourth-order valence-electron chi connectivity index (χ4n) is 3.20. The van der Waals surface area contributed by atoms with Crippen molar-refractivity contribution in [3.05, 3.63) is 0 Å². The smallest absolute Gasteiger partial charge is 0.320 e. The van der Waals surface area contributed by atoms with Crippen LogP contribution in [0.1, 0.15) is 26.2 Å². The second kappa shape index (κ2) is 8.68. The molecule has 2 fully saturated rings. The molecule has 2 rings (SSSR count). The van der Waals surface area contributed by atoms with E-state index in [4.69, 9.17) is 4.74 Å². The SMILES string of the molecule is CCCNC(CCN1CCC(N2CCOCC2)C1)C(=O)O. The number of nitrogens with one attached hydrogen (secondary N) is 1. The molecule has 2 saturated heterocycles. The lowest BCUT2D eigenvalue weighted by Gasteiger charge is -2.32. The number of rotatable bonds is 8. The molecule has 0 spiro atoms. The van der Waals surface area contributed by atoms with Gasteiger partial charge in [0.1, 0.15) is 6.04 Å². The highest BCUT2D eigenvalue weighted by Crippen LogP contribution is 2.17. The molecule has 6 heteroatoms. The average Bonchev–Trinajstić information content (AvgIpc) is 2.97. The minimum absolute atomic E-state index is 0.410. The summed E-state index contributed by atoms with van der Waals surface area (Å²) in [4.78, 5) is 16.1. The average molecular weight is 299 g/mol. The summed E-state index contributed by atoms with van der Waals surface area (Å²) in [7, 11) is 0. The van der Waals surface area contributed by atoms with Gasteiger partial charge in [-0.2, -0.15) is 0 Å². The Balaban J connectivity index is 1.70. The number of hydrogen-bond donors (Lipinski definition) is 2. The molecule has 0 aliphatic carbocycles. The maximum absolute atomic E-state index is 11.2. The van der Waals surface area contributed by atoms with Crippen molar-refractivity contribution >= 4 is 5.97 Å². The van der Waals surface area contributed by atoms with Crippen LogP contribution in [0.2, 0.25) is 0 Å². The Morgan fingerprint density at radius 3 is 2.81 bits per heavy atom. The van der Waals surface area contributed by atoms with Crippen LogP contribution in [-0.2, 0) is 9.53 Å². The van der Waals surface area contributed by atoms with Crippen molar-refractivity contribution in [2.75, 3.05) is 52.5 Å². The number of carboxylic acids is 1. The summed E-state index contributed by atoms with van der Waals surface area (Å²) in [6, 6.07) is 0.216. The van der Waals surface area contributed by atoms with E-state index in [2.05, 4.69) is 22.0 Å². The van der Waals surface area contributed by atoms with Crippen molar-refractivity contribution < 1.29 is 14.6 Å². The maximum atomic E-state index is 11.2. The van der Waals surface area contributed by atoms with Gasteiger partial charge in [0.15, 0.2) is 0 Å². The third-order valence-corrected chi connectivity index (χ3v) is 4.48. The largest absolute Gasteiger partial charge is 0.480 e. The van der Waals surface area contributed by atoms with Gasteiger partial charge < -0.3 is 20.1 Å². The van der Waals surface area contributed by atoms with Gasteiger partial charge in [0.05, 0.1) is 13.2 Å². The molecule has 0 amide bonds. The van der Waals surface area contributed by atoms with Crippen molar-refractivity contribution in [1.29, 1.82) is 0 Å². The molecule has 0 aromatic carbocycles. The summed E-state index contributed by atoms with van der Waals surface area (Å²) in [5.74, 6) is -0.729. The van der Waals surface area contributed by atoms with E-state index in [-0.39, 0.29) is 0 Å². The van der Waals surface area contributed by atoms with Gasteiger partial charge in [-0.1, -0.05) is 6.92 Å². The first-order chi connectivity index (χ1) is 10.2. The van der Waals surface area contributed by atoms with Crippen LogP contribution in [0.15, 0.2) is 0 Å². The number of ether oxygens (including phenoxy) is 1. The number of nitrogens with zero attached hydrogens (tertiary/aromatic N) is 2. The highest BCUT2D eigenvalue weighted by atomic mass is 16.5. The van der Waals surface area contributed by atoms with Crippen molar-refractivity contribution in [2.45, 2.75) is 38.3 Å². The normalized spacial score (nSPS) is 26.0. The van der Waals surface area contributed by atoms with E-state index in [1.54, 1.807) is 0 Å². The minimum Gasteiger partial charge on any atom is -0.480 e. The van der Waals surface area contributed by atoms with Crippen LogP contribution < -0.4 is 5.32 Å². The van der Waals surface area contributed by atoms with E-state index in [0.717, 1.165) is 58.9 Å². The highest BCUT2D eigenvalue weighted by Gasteiger charge is 2.29. The third kappa shape index (κ3) is 5.21. The van der Waals surface area contributed by atoms with Crippen LogP contribution in [0.5, 0.6) is 0 Å². The van der Waals surface area contributed by atoms with Crippen molar-refractivity contribution in [2.24, 2.45) is 0 Å². The molecule has 0 radical (unpaired) electrons. The first-order valence-electron chi connectivity index (χ1n) is 8.21. The molecule has 2 aliphatic rings. The molecule has 0 bridgehead atoms. The van der Waals surface area contributed by atoms with E-state index >= 15 is 0 Å². The molecule has 21 heavy (non-hydrogen) atoms. The Kier molecular flexibility index (Phi) is 6.89. The Hall–Kier alpha value is -0.690. The van der Waals surface area contributed by atoms with Crippen LogP contribution in [0.25, 0.3) is 0 Å². The van der Waals surface area contributed by atoms with E-state index in [1.165, 1.54) is 6.42 Å². The van der Waals surface area contributed by atoms with Gasteiger partial charge >= 0.3 is 5.97 Å². The highest BCUT2D eigenvalue weighted by molar-refractivity contribution is 5.73. The number of carbonyl (C=O) groups is 1. The zero-order chi connectivity index (χ0) is 15.1. The van der Waals surface area contributed by atoms with Gasteiger partial charge in [-0.05, 0) is 32.4 Å². The van der Waals surface area contributed by atoms with Gasteiger partial charge in [0.25, 0.3) is 0 Å². The number of morpholine rings is 1. The van der Waals surface area contributed by atoms with Crippen LogP contribution in [-0.4, -0.2) is 85.4 Å². The summed E-state index contributed by atoms with van der Waals surface area (Å²) < 4.78 is 5.40. The quantitative estimate of drug-likeness (QED) is 0.669. The molecule has 0 aromatic heterocycles. The second-order valence-electron chi connectivity index (χ2n) is 6.03. The molecule has 2 atom stereocenters. The first-order valence-corrected chi connectivity index (χ1v) is 8.21. The molecule has 0 saturated carbocycles. The molecule has 2 N–H and O–H groups in total. The summed E-state index contributed by atoms with van der Waals surface area (Å²) in [6.45, 7) is 9.61. The fourth-order valence-corrected chi connectivity index (χ4v) is 3.20. The molecular weight excluding hydrogens is 270 g/mol. The summed E-state index contributed by atoms with van der Waals surface area (Å²) in [6.07, 6.45) is 2.85. The van der Waals surface area contributed by atoms with Crippen LogP contribution in [0, 0.1) is 0 Å². The van der Waals surface area contributed by atoms with Gasteiger partial charge in [0, 0.05) is 32.2 Å². The van der Waals surface area contributed by atoms with Crippen molar-refractivity contribution in [3.63, 3.8) is 0 Å². The number of carboxylic acid groups (broad SMARTS) is 1. The van der Waals surface area contributed by atoms with Crippen LogP contribution >= 0.6 is 0 Å². The maximum Gasteiger partial charge on any atom is 0.320 e. The number of hydrogen-bond acceptors (Lipinski definition) is 5. The Bertz CT molecular complexity index is 321. The summed E-state index contributed by atoms with van der Waals surface area (Å²) >= 11 is 0. The first kappa shape index (κ1) is 16.7. The van der Waals surface area contributed by atoms with E-state index in [0.29, 0.717) is 12.5 Å². The zero-order valence-electron chi connectivity index (χ0n) is 13.1. The topological polar surface area (TPSA) is 65.0 Å². The van der Waals surface area contributed by atoms with Gasteiger partial charge in [0.2, 0.25) is 0 Å². The lowest BCUT2D eigenvalue weighted by atomic mass is 10.2. The predicted molar refractivity (Wildman–Crippen MR) is 81.6 cm³/mol. The van der Waals surface area contributed by atoms with E-state index in [9.17, 15) is 9.90 Å². The molecule has 122 valence electrons. The summed E-state index contributed by atoms with van der Waals surface area (Å²) in [5.41, 5.74) is 0. The van der Waals surface area contributed by atoms with E-state index in [1.807, 2.05) is 0 Å². The summed E-state index contributed by atoms with van der Waals surface area (Å²) in [5, 5.41) is 12.3. The molecular formula is C15H29N3O3. The Labute approximate surface area is 127 Å².